The van der Waals surface area contributed by atoms with Gasteiger partial charge in [0.05, 0.1) is 0 Å². The van der Waals surface area contributed by atoms with Crippen molar-refractivity contribution in [2.75, 3.05) is 11.9 Å². The lowest BCUT2D eigenvalue weighted by Gasteiger charge is -2.30. The van der Waals surface area contributed by atoms with Crippen molar-refractivity contribution in [2.24, 2.45) is 0 Å². The number of aromatic carboxylic acids is 1. The number of rotatable bonds is 4. The van der Waals surface area contributed by atoms with Crippen LogP contribution in [0.4, 0.5) is 5.95 Å². The van der Waals surface area contributed by atoms with Gasteiger partial charge in [-0.25, -0.2) is 14.8 Å². The second-order valence-corrected chi connectivity index (χ2v) is 5.00. The molecule has 0 amide bonds. The normalized spacial score (nSPS) is 16.1. The lowest BCUT2D eigenvalue weighted by atomic mass is 9.78. The van der Waals surface area contributed by atoms with Gasteiger partial charge in [-0.2, -0.15) is 0 Å². The van der Waals surface area contributed by atoms with Crippen molar-refractivity contribution in [1.82, 2.24) is 9.97 Å². The second-order valence-electron chi connectivity index (χ2n) is 5.00. The van der Waals surface area contributed by atoms with Gasteiger partial charge in [0, 0.05) is 18.2 Å². The van der Waals surface area contributed by atoms with Gasteiger partial charge in [-0.05, 0) is 30.5 Å². The first-order valence-corrected chi connectivity index (χ1v) is 6.54. The monoisotopic (exact) mass is 269 g/mol. The third-order valence-corrected chi connectivity index (χ3v) is 3.54. The minimum atomic E-state index is -1.03. The number of carboxylic acid groups (broad SMARTS) is 1. The van der Waals surface area contributed by atoms with Crippen molar-refractivity contribution < 1.29 is 9.90 Å². The summed E-state index contributed by atoms with van der Waals surface area (Å²) in [6, 6.07) is 9.82. The van der Waals surface area contributed by atoms with E-state index in [0.717, 1.165) is 13.0 Å². The summed E-state index contributed by atoms with van der Waals surface area (Å²) in [4.78, 5) is 19.2. The van der Waals surface area contributed by atoms with Gasteiger partial charge in [0.25, 0.3) is 0 Å². The van der Waals surface area contributed by atoms with E-state index in [-0.39, 0.29) is 5.69 Å². The Hall–Kier alpha value is -2.43. The highest BCUT2D eigenvalue weighted by Crippen LogP contribution is 2.34. The van der Waals surface area contributed by atoms with Gasteiger partial charge in [-0.1, -0.05) is 24.3 Å². The van der Waals surface area contributed by atoms with Gasteiger partial charge in [0.15, 0.2) is 5.69 Å². The summed E-state index contributed by atoms with van der Waals surface area (Å²) in [7, 11) is 0. The topological polar surface area (TPSA) is 75.1 Å². The van der Waals surface area contributed by atoms with Crippen molar-refractivity contribution in [3.8, 4) is 0 Å². The lowest BCUT2D eigenvalue weighted by Crippen LogP contribution is -2.25. The molecule has 20 heavy (non-hydrogen) atoms. The number of hydrogen-bond donors (Lipinski definition) is 2. The molecule has 102 valence electrons. The van der Waals surface area contributed by atoms with Gasteiger partial charge >= 0.3 is 5.97 Å². The molecular weight excluding hydrogens is 254 g/mol. The molecule has 0 radical (unpaired) electrons. The van der Waals surface area contributed by atoms with Gasteiger partial charge in [-0.3, -0.25) is 0 Å². The Balaban J connectivity index is 1.69. The molecule has 0 aliphatic heterocycles. The molecule has 1 aliphatic rings. The van der Waals surface area contributed by atoms with E-state index in [1.165, 1.54) is 17.2 Å². The number of benzene rings is 1. The summed E-state index contributed by atoms with van der Waals surface area (Å²) in [5.41, 5.74) is 3.41. The first-order valence-electron chi connectivity index (χ1n) is 6.54. The lowest BCUT2D eigenvalue weighted by molar-refractivity contribution is 0.0690. The van der Waals surface area contributed by atoms with Crippen LogP contribution in [-0.4, -0.2) is 27.6 Å². The van der Waals surface area contributed by atoms with Gasteiger partial charge in [-0.15, -0.1) is 0 Å². The molecule has 0 spiro atoms. The van der Waals surface area contributed by atoms with E-state index in [2.05, 4.69) is 27.4 Å². The number of fused-ring (bicyclic) bond motifs is 1. The number of aryl methyl sites for hydroxylation is 1. The predicted octanol–water partition coefficient (Wildman–Crippen LogP) is 2.24. The molecule has 0 fully saturated rings. The highest BCUT2D eigenvalue weighted by Gasteiger charge is 2.25. The van der Waals surface area contributed by atoms with Crippen LogP contribution in [0.25, 0.3) is 0 Å². The Bertz CT molecular complexity index is 670. The summed E-state index contributed by atoms with van der Waals surface area (Å²) < 4.78 is 0. The summed E-state index contributed by atoms with van der Waals surface area (Å²) in [6.45, 7) is 2.48. The van der Waals surface area contributed by atoms with Crippen LogP contribution in [0, 0.1) is 6.92 Å². The number of nitrogens with zero attached hydrogens (tertiary/aromatic N) is 2. The average molecular weight is 269 g/mol. The quantitative estimate of drug-likeness (QED) is 0.890. The van der Waals surface area contributed by atoms with E-state index < -0.39 is 5.97 Å². The van der Waals surface area contributed by atoms with E-state index in [1.807, 2.05) is 12.1 Å². The molecule has 1 aliphatic carbocycles. The van der Waals surface area contributed by atoms with Crippen molar-refractivity contribution in [1.29, 1.82) is 0 Å². The molecule has 2 N–H and O–H groups in total. The summed E-state index contributed by atoms with van der Waals surface area (Å²) in [6.07, 6.45) is 1.04. The molecule has 1 atom stereocenters. The van der Waals surface area contributed by atoms with Gasteiger partial charge in [0.1, 0.15) is 0 Å². The molecular formula is C15H15N3O2. The van der Waals surface area contributed by atoms with Crippen LogP contribution in [-0.2, 0) is 6.42 Å². The molecule has 1 heterocycles. The smallest absolute Gasteiger partial charge is 0.354 e. The van der Waals surface area contributed by atoms with Crippen molar-refractivity contribution in [3.63, 3.8) is 0 Å². The average Bonchev–Trinajstić information content (AvgIpc) is 2.39. The first kappa shape index (κ1) is 12.6. The highest BCUT2D eigenvalue weighted by atomic mass is 16.4. The number of hydrogen-bond acceptors (Lipinski definition) is 4. The maximum Gasteiger partial charge on any atom is 0.354 e. The molecule has 5 nitrogen and oxygen atoms in total. The Morgan fingerprint density at radius 3 is 2.95 bits per heavy atom. The predicted molar refractivity (Wildman–Crippen MR) is 75.1 cm³/mol. The number of nitrogens with one attached hydrogen (secondary N) is 1. The maximum absolute atomic E-state index is 11.0. The van der Waals surface area contributed by atoms with Crippen LogP contribution in [0.1, 0.15) is 33.2 Å². The highest BCUT2D eigenvalue weighted by molar-refractivity contribution is 5.85. The van der Waals surface area contributed by atoms with Crippen LogP contribution in [0.5, 0.6) is 0 Å². The molecule has 3 rings (SSSR count). The Labute approximate surface area is 116 Å². The second kappa shape index (κ2) is 4.92. The Morgan fingerprint density at radius 2 is 2.20 bits per heavy atom. The number of aromatic nitrogens is 2. The minimum absolute atomic E-state index is 0.0222. The molecule has 0 saturated heterocycles. The van der Waals surface area contributed by atoms with Crippen LogP contribution >= 0.6 is 0 Å². The van der Waals surface area contributed by atoms with Gasteiger partial charge in [0.2, 0.25) is 5.95 Å². The van der Waals surface area contributed by atoms with E-state index >= 15 is 0 Å². The zero-order valence-corrected chi connectivity index (χ0v) is 11.1. The maximum atomic E-state index is 11.0. The molecule has 5 heteroatoms. The minimum Gasteiger partial charge on any atom is -0.477 e. The van der Waals surface area contributed by atoms with E-state index in [0.29, 0.717) is 17.6 Å². The van der Waals surface area contributed by atoms with Gasteiger partial charge < -0.3 is 10.4 Å². The molecule has 0 saturated carbocycles. The number of anilines is 1. The summed E-state index contributed by atoms with van der Waals surface area (Å²) in [5.74, 6) is -0.206. The Morgan fingerprint density at radius 1 is 1.40 bits per heavy atom. The number of carboxylic acids is 1. The fourth-order valence-electron chi connectivity index (χ4n) is 2.52. The molecule has 1 unspecified atom stereocenters. The van der Waals surface area contributed by atoms with Crippen LogP contribution < -0.4 is 5.32 Å². The van der Waals surface area contributed by atoms with Crippen molar-refractivity contribution in [3.05, 3.63) is 52.8 Å². The van der Waals surface area contributed by atoms with Crippen LogP contribution in [0.2, 0.25) is 0 Å². The molecule has 1 aromatic carbocycles. The van der Waals surface area contributed by atoms with E-state index in [1.54, 1.807) is 6.92 Å². The molecule has 1 aromatic heterocycles. The zero-order valence-electron chi connectivity index (χ0n) is 11.1. The number of carbonyl (C=O) groups is 1. The molecule has 2 aromatic rings. The van der Waals surface area contributed by atoms with Crippen molar-refractivity contribution >= 4 is 11.9 Å². The standard InChI is InChI=1S/C15H15N3O2/c1-9-6-13(14(19)20)18-15(17-9)16-8-11-7-10-4-2-3-5-12(10)11/h2-6,11H,7-8H2,1H3,(H,19,20)(H,16,17,18). The third-order valence-electron chi connectivity index (χ3n) is 3.54. The fraction of sp³-hybridized carbons (Fsp3) is 0.267. The Kier molecular flexibility index (Phi) is 3.10. The van der Waals surface area contributed by atoms with Crippen LogP contribution in [0.15, 0.2) is 30.3 Å². The van der Waals surface area contributed by atoms with E-state index in [4.69, 9.17) is 5.11 Å². The first-order chi connectivity index (χ1) is 9.63. The summed E-state index contributed by atoms with van der Waals surface area (Å²) >= 11 is 0. The fourth-order valence-corrected chi connectivity index (χ4v) is 2.52. The summed E-state index contributed by atoms with van der Waals surface area (Å²) in [5, 5.41) is 12.1. The molecule has 0 bridgehead atoms. The largest absolute Gasteiger partial charge is 0.477 e. The third kappa shape index (κ3) is 2.34. The van der Waals surface area contributed by atoms with Crippen LogP contribution in [0.3, 0.4) is 0 Å². The van der Waals surface area contributed by atoms with E-state index in [9.17, 15) is 4.79 Å². The zero-order chi connectivity index (χ0) is 14.1. The SMILES string of the molecule is Cc1cc(C(=O)O)nc(NCC2Cc3ccccc32)n1. The van der Waals surface area contributed by atoms with Crippen molar-refractivity contribution in [2.45, 2.75) is 19.3 Å².